The molecule has 0 aliphatic heterocycles. The van der Waals surface area contributed by atoms with Crippen molar-refractivity contribution >= 4 is 19.8 Å². The number of hydrogen-bond donors (Lipinski definition) is 3. The summed E-state index contributed by atoms with van der Waals surface area (Å²) in [7, 11) is -4.64. The summed E-state index contributed by atoms with van der Waals surface area (Å²) < 4.78 is 32.6. The summed E-state index contributed by atoms with van der Waals surface area (Å²) in [6.07, 6.45) is 51.0. The molecular weight excluding hydrogens is 755 g/mol. The minimum absolute atomic E-state index is 0.0811. The fraction of sp³-hybridized carbons (Fsp3) is 0.617. The summed E-state index contributed by atoms with van der Waals surface area (Å²) in [6.45, 7) is 2.09. The first kappa shape index (κ1) is 54.9. The zero-order valence-corrected chi connectivity index (χ0v) is 36.6. The van der Waals surface area contributed by atoms with Crippen LogP contribution in [0.2, 0.25) is 0 Å². The lowest BCUT2D eigenvalue weighted by molar-refractivity contribution is -0.161. The Morgan fingerprint density at radius 2 is 1.03 bits per heavy atom. The smallest absolute Gasteiger partial charge is 0.462 e. The molecule has 0 aromatic rings. The Morgan fingerprint density at radius 3 is 1.62 bits per heavy atom. The van der Waals surface area contributed by atoms with Gasteiger partial charge in [-0.25, -0.2) is 4.57 Å². The van der Waals surface area contributed by atoms with E-state index >= 15 is 0 Å². The van der Waals surface area contributed by atoms with Crippen LogP contribution in [0.1, 0.15) is 149 Å². The van der Waals surface area contributed by atoms with E-state index in [-0.39, 0.29) is 19.4 Å². The molecule has 0 spiro atoms. The van der Waals surface area contributed by atoms with Gasteiger partial charge in [0, 0.05) is 12.8 Å². The number of esters is 2. The Balaban J connectivity index is 4.33. The summed E-state index contributed by atoms with van der Waals surface area (Å²) in [6, 6.07) is 0. The van der Waals surface area contributed by atoms with Crippen LogP contribution in [-0.2, 0) is 32.7 Å². The molecule has 3 N–H and O–H groups in total. The lowest BCUT2D eigenvalue weighted by atomic mass is 10.1. The summed E-state index contributed by atoms with van der Waals surface area (Å²) in [4.78, 5) is 34.9. The number of unbranched alkanes of at least 4 members (excludes halogenated alkanes) is 13. The minimum atomic E-state index is -4.64. The Morgan fingerprint density at radius 1 is 0.552 bits per heavy atom. The molecule has 0 amide bonds. The van der Waals surface area contributed by atoms with E-state index in [0.717, 1.165) is 44.9 Å². The largest absolute Gasteiger partial charge is 0.472 e. The van der Waals surface area contributed by atoms with Gasteiger partial charge in [0.2, 0.25) is 0 Å². The van der Waals surface area contributed by atoms with Crippen molar-refractivity contribution in [1.82, 2.24) is 0 Å². The number of hydrogen-bond acceptors (Lipinski definition) is 9. The molecule has 11 heteroatoms. The zero-order valence-electron chi connectivity index (χ0n) is 35.7. The summed E-state index contributed by atoms with van der Waals surface area (Å²) in [5.41, 5.74) is 0. The fourth-order valence-corrected chi connectivity index (χ4v) is 6.05. The highest BCUT2D eigenvalue weighted by molar-refractivity contribution is 7.47. The van der Waals surface area contributed by atoms with Gasteiger partial charge in [0.25, 0.3) is 0 Å². The van der Waals surface area contributed by atoms with Crippen molar-refractivity contribution in [3.05, 3.63) is 97.2 Å². The van der Waals surface area contributed by atoms with Crippen LogP contribution >= 0.6 is 7.82 Å². The van der Waals surface area contributed by atoms with Crippen LogP contribution in [0.5, 0.6) is 0 Å². The molecule has 10 nitrogen and oxygen atoms in total. The lowest BCUT2D eigenvalue weighted by Gasteiger charge is -2.20. The van der Waals surface area contributed by atoms with E-state index in [2.05, 4.69) is 60.9 Å². The first-order valence-corrected chi connectivity index (χ1v) is 23.3. The van der Waals surface area contributed by atoms with Crippen LogP contribution in [0, 0.1) is 0 Å². The van der Waals surface area contributed by atoms with Gasteiger partial charge in [-0.05, 0) is 64.2 Å². The fourth-order valence-electron chi connectivity index (χ4n) is 5.26. The number of phosphoric ester groups is 1. The average Bonchev–Trinajstić information content (AvgIpc) is 3.21. The highest BCUT2D eigenvalue weighted by Crippen LogP contribution is 2.43. The molecule has 0 heterocycles. The van der Waals surface area contributed by atoms with Gasteiger partial charge in [0.15, 0.2) is 6.10 Å². The van der Waals surface area contributed by atoms with E-state index in [0.29, 0.717) is 19.3 Å². The second-order valence-electron chi connectivity index (χ2n) is 14.1. The van der Waals surface area contributed by atoms with Crippen LogP contribution in [0.15, 0.2) is 97.2 Å². The van der Waals surface area contributed by atoms with Crippen LogP contribution in [0.25, 0.3) is 0 Å². The predicted octanol–water partition coefficient (Wildman–Crippen LogP) is 11.6. The molecule has 2 unspecified atom stereocenters. The quantitative estimate of drug-likeness (QED) is 0.0180. The van der Waals surface area contributed by atoms with E-state index < -0.39 is 51.8 Å². The summed E-state index contributed by atoms with van der Waals surface area (Å²) in [5, 5.41) is 18.3. The van der Waals surface area contributed by atoms with Gasteiger partial charge < -0.3 is 24.6 Å². The van der Waals surface area contributed by atoms with Crippen molar-refractivity contribution < 1.29 is 47.8 Å². The van der Waals surface area contributed by atoms with Gasteiger partial charge in [-0.15, -0.1) is 0 Å². The Labute approximate surface area is 351 Å². The van der Waals surface area contributed by atoms with Gasteiger partial charge in [-0.3, -0.25) is 18.6 Å². The maximum Gasteiger partial charge on any atom is 0.472 e. The van der Waals surface area contributed by atoms with E-state index in [1.54, 1.807) is 0 Å². The molecule has 0 bridgehead atoms. The Kier molecular flexibility index (Phi) is 39.8. The third-order valence-corrected chi connectivity index (χ3v) is 9.55. The monoisotopic (exact) mass is 833 g/mol. The molecule has 3 atom stereocenters. The number of phosphoric acid groups is 1. The van der Waals surface area contributed by atoms with Crippen LogP contribution in [0.4, 0.5) is 0 Å². The normalized spacial score (nSPS) is 14.8. The maximum atomic E-state index is 12.6. The minimum Gasteiger partial charge on any atom is -0.462 e. The van der Waals surface area contributed by atoms with E-state index in [1.165, 1.54) is 57.8 Å². The zero-order chi connectivity index (χ0) is 42.6. The SMILES string of the molecule is CC/C=C/C=C/C=C/C=C/C=C/CCCC(=O)OC(COC(=O)CCCCCCCCCCC/C=C/C/C=C/C/C=C/CCCCC)COP(=O)(O)OC[C@H](O)CO. The average molecular weight is 833 g/mol. The number of aliphatic hydroxyl groups is 2. The molecule has 330 valence electrons. The molecule has 0 aromatic heterocycles. The van der Waals surface area contributed by atoms with Crippen molar-refractivity contribution in [2.75, 3.05) is 26.4 Å². The highest BCUT2D eigenvalue weighted by atomic mass is 31.2. The molecule has 58 heavy (non-hydrogen) atoms. The topological polar surface area (TPSA) is 149 Å². The van der Waals surface area contributed by atoms with Gasteiger partial charge >= 0.3 is 19.8 Å². The lowest BCUT2D eigenvalue weighted by Crippen LogP contribution is -2.29. The van der Waals surface area contributed by atoms with Crippen molar-refractivity contribution in [3.63, 3.8) is 0 Å². The third kappa shape index (κ3) is 41.1. The number of carbonyl (C=O) groups is 2. The maximum absolute atomic E-state index is 12.6. The molecule has 0 rings (SSSR count). The molecule has 0 saturated carbocycles. The first-order chi connectivity index (χ1) is 28.2. The van der Waals surface area contributed by atoms with E-state index in [1.807, 2.05) is 54.7 Å². The first-order valence-electron chi connectivity index (χ1n) is 21.8. The van der Waals surface area contributed by atoms with Crippen molar-refractivity contribution in [3.8, 4) is 0 Å². The molecule has 0 fully saturated rings. The van der Waals surface area contributed by atoms with E-state index in [4.69, 9.17) is 19.1 Å². The standard InChI is InChI=1S/C47H77O10P/c1-3-5-7-9-11-13-15-17-18-19-20-21-22-23-24-25-27-28-30-32-34-36-38-46(50)54-42-45(43-56-58(52,53)55-41-44(49)40-48)57-47(51)39-37-35-33-31-29-26-16-14-12-10-8-6-4-2/h6,8,10-14,16-18,20-21,26,29,31,33,44-45,48-49H,3-5,7,9,15,19,22-25,27-28,30,32,34-43H2,1-2H3,(H,52,53)/b8-6+,12-10+,13-11+,16-14+,18-17+,21-20+,29-26+,33-31+/t44-,45?/m1/s1. The third-order valence-electron chi connectivity index (χ3n) is 8.60. The van der Waals surface area contributed by atoms with Crippen LogP contribution < -0.4 is 0 Å². The Hall–Kier alpha value is -3.11. The second-order valence-corrected chi connectivity index (χ2v) is 15.6. The van der Waals surface area contributed by atoms with Gasteiger partial charge in [0.1, 0.15) is 12.7 Å². The molecular formula is C47H77O10P. The molecule has 0 aliphatic rings. The number of carbonyl (C=O) groups excluding carboxylic acids is 2. The summed E-state index contributed by atoms with van der Waals surface area (Å²) in [5.74, 6) is -1.03. The van der Waals surface area contributed by atoms with Gasteiger partial charge in [-0.2, -0.15) is 0 Å². The predicted molar refractivity (Wildman–Crippen MR) is 237 cm³/mol. The Bertz CT molecular complexity index is 1280. The van der Waals surface area contributed by atoms with Gasteiger partial charge in [0.05, 0.1) is 19.8 Å². The van der Waals surface area contributed by atoms with Crippen molar-refractivity contribution in [2.24, 2.45) is 0 Å². The van der Waals surface area contributed by atoms with Gasteiger partial charge in [-0.1, -0.05) is 169 Å². The number of ether oxygens (including phenoxy) is 2. The number of aliphatic hydroxyl groups excluding tert-OH is 2. The number of allylic oxidation sites excluding steroid dienone is 16. The van der Waals surface area contributed by atoms with Crippen molar-refractivity contribution in [2.45, 2.75) is 161 Å². The molecule has 0 aliphatic carbocycles. The van der Waals surface area contributed by atoms with Crippen molar-refractivity contribution in [1.29, 1.82) is 0 Å². The number of rotatable bonds is 39. The van der Waals surface area contributed by atoms with E-state index in [9.17, 15) is 24.2 Å². The van der Waals surface area contributed by atoms with Crippen LogP contribution in [0.3, 0.4) is 0 Å². The molecule has 0 radical (unpaired) electrons. The highest BCUT2D eigenvalue weighted by Gasteiger charge is 2.27. The van der Waals surface area contributed by atoms with Crippen LogP contribution in [-0.4, -0.2) is 65.7 Å². The molecule has 0 saturated heterocycles. The second kappa shape index (κ2) is 42.0. The molecule has 0 aromatic carbocycles. The summed E-state index contributed by atoms with van der Waals surface area (Å²) >= 11 is 0.